The van der Waals surface area contributed by atoms with Crippen LogP contribution in [0.15, 0.2) is 30.3 Å². The highest BCUT2D eigenvalue weighted by Crippen LogP contribution is 2.10. The Morgan fingerprint density at radius 2 is 2.06 bits per heavy atom. The second-order valence-electron chi connectivity index (χ2n) is 3.72. The molecule has 0 radical (unpaired) electrons. The Balaban J connectivity index is 2.34. The van der Waals surface area contributed by atoms with Gasteiger partial charge in [-0.1, -0.05) is 31.5 Å². The zero-order chi connectivity index (χ0) is 11.8. The van der Waals surface area contributed by atoms with Gasteiger partial charge in [0.15, 0.2) is 6.10 Å². The molecule has 3 heteroatoms. The minimum Gasteiger partial charge on any atom is -0.481 e. The second-order valence-corrected chi connectivity index (χ2v) is 3.72. The average Bonchev–Trinajstić information content (AvgIpc) is 2.30. The Kier molecular flexibility index (Phi) is 5.40. The summed E-state index contributed by atoms with van der Waals surface area (Å²) in [5.41, 5.74) is 0. The molecule has 1 atom stereocenters. The molecule has 0 saturated heterocycles. The van der Waals surface area contributed by atoms with E-state index in [0.717, 1.165) is 25.1 Å². The van der Waals surface area contributed by atoms with Gasteiger partial charge in [-0.25, -0.2) is 0 Å². The van der Waals surface area contributed by atoms with E-state index < -0.39 is 6.10 Å². The van der Waals surface area contributed by atoms with Crippen LogP contribution in [-0.2, 0) is 4.79 Å². The molecule has 1 N–H and O–H groups in total. The monoisotopic (exact) mass is 221 g/mol. The minimum absolute atomic E-state index is 0.0581. The normalized spacial score (nSPS) is 11.9. The molecule has 0 saturated carbocycles. The lowest BCUT2D eigenvalue weighted by Crippen LogP contribution is -2.36. The van der Waals surface area contributed by atoms with E-state index in [1.54, 1.807) is 6.92 Å². The zero-order valence-corrected chi connectivity index (χ0v) is 9.90. The van der Waals surface area contributed by atoms with Crippen molar-refractivity contribution >= 4 is 5.91 Å². The Morgan fingerprint density at radius 3 is 2.69 bits per heavy atom. The van der Waals surface area contributed by atoms with Crippen molar-refractivity contribution in [1.82, 2.24) is 5.32 Å². The van der Waals surface area contributed by atoms with Gasteiger partial charge in [0, 0.05) is 6.54 Å². The van der Waals surface area contributed by atoms with Gasteiger partial charge in [-0.3, -0.25) is 4.79 Å². The molecule has 0 aliphatic rings. The summed E-state index contributed by atoms with van der Waals surface area (Å²) in [5, 5.41) is 2.84. The van der Waals surface area contributed by atoms with Crippen LogP contribution in [0.5, 0.6) is 5.75 Å². The molecule has 3 nitrogen and oxygen atoms in total. The largest absolute Gasteiger partial charge is 0.481 e. The fraction of sp³-hybridized carbons (Fsp3) is 0.462. The maximum Gasteiger partial charge on any atom is 0.260 e. The van der Waals surface area contributed by atoms with Crippen molar-refractivity contribution in [3.05, 3.63) is 30.3 Å². The number of hydrogen-bond acceptors (Lipinski definition) is 2. The highest BCUT2D eigenvalue weighted by molar-refractivity contribution is 5.80. The van der Waals surface area contributed by atoms with Crippen molar-refractivity contribution in [2.24, 2.45) is 0 Å². The third kappa shape index (κ3) is 4.34. The van der Waals surface area contributed by atoms with Crippen molar-refractivity contribution in [2.45, 2.75) is 32.8 Å². The van der Waals surface area contributed by atoms with E-state index in [2.05, 4.69) is 12.2 Å². The summed E-state index contributed by atoms with van der Waals surface area (Å²) >= 11 is 0. The fourth-order valence-corrected chi connectivity index (χ4v) is 1.29. The molecular formula is C13H19NO2. The molecule has 0 aliphatic heterocycles. The molecule has 1 rings (SSSR count). The standard InChI is InChI=1S/C13H19NO2/c1-3-4-10-14-13(15)11(2)16-12-8-6-5-7-9-12/h5-9,11H,3-4,10H2,1-2H3,(H,14,15)/t11-/m1/s1. The fourth-order valence-electron chi connectivity index (χ4n) is 1.29. The maximum atomic E-state index is 11.6. The van der Waals surface area contributed by atoms with Crippen LogP contribution in [0.4, 0.5) is 0 Å². The van der Waals surface area contributed by atoms with Crippen LogP contribution in [0, 0.1) is 0 Å². The molecule has 0 spiro atoms. The first-order valence-corrected chi connectivity index (χ1v) is 5.73. The smallest absolute Gasteiger partial charge is 0.260 e. The molecule has 88 valence electrons. The van der Waals surface area contributed by atoms with Crippen LogP contribution in [-0.4, -0.2) is 18.6 Å². The predicted octanol–water partition coefficient (Wildman–Crippen LogP) is 2.37. The third-order valence-corrected chi connectivity index (χ3v) is 2.25. The molecule has 1 amide bonds. The minimum atomic E-state index is -0.445. The lowest BCUT2D eigenvalue weighted by Gasteiger charge is -2.14. The number of amides is 1. The van der Waals surface area contributed by atoms with E-state index in [1.807, 2.05) is 30.3 Å². The number of carbonyl (C=O) groups is 1. The van der Waals surface area contributed by atoms with Gasteiger partial charge in [-0.15, -0.1) is 0 Å². The van der Waals surface area contributed by atoms with Gasteiger partial charge in [-0.05, 0) is 25.5 Å². The maximum absolute atomic E-state index is 11.6. The molecule has 0 aromatic heterocycles. The van der Waals surface area contributed by atoms with Gasteiger partial charge in [0.1, 0.15) is 5.75 Å². The lowest BCUT2D eigenvalue weighted by atomic mass is 10.3. The van der Waals surface area contributed by atoms with E-state index in [1.165, 1.54) is 0 Å². The van der Waals surface area contributed by atoms with Crippen LogP contribution < -0.4 is 10.1 Å². The van der Waals surface area contributed by atoms with Gasteiger partial charge >= 0.3 is 0 Å². The summed E-state index contributed by atoms with van der Waals surface area (Å²) < 4.78 is 5.49. The molecule has 1 aromatic carbocycles. The molecule has 16 heavy (non-hydrogen) atoms. The van der Waals surface area contributed by atoms with Crippen LogP contribution in [0.25, 0.3) is 0 Å². The molecule has 0 aliphatic carbocycles. The van der Waals surface area contributed by atoms with Gasteiger partial charge in [-0.2, -0.15) is 0 Å². The van der Waals surface area contributed by atoms with E-state index in [0.29, 0.717) is 0 Å². The SMILES string of the molecule is CCCCNC(=O)[C@@H](C)Oc1ccccc1. The first-order chi connectivity index (χ1) is 7.74. The van der Waals surface area contributed by atoms with Crippen LogP contribution in [0.1, 0.15) is 26.7 Å². The quantitative estimate of drug-likeness (QED) is 0.749. The van der Waals surface area contributed by atoms with Crippen LogP contribution in [0.2, 0.25) is 0 Å². The predicted molar refractivity (Wildman–Crippen MR) is 64.4 cm³/mol. The molecule has 0 fully saturated rings. The first-order valence-electron chi connectivity index (χ1n) is 5.73. The van der Waals surface area contributed by atoms with E-state index >= 15 is 0 Å². The summed E-state index contributed by atoms with van der Waals surface area (Å²) in [6.07, 6.45) is 1.64. The average molecular weight is 221 g/mol. The number of carbonyl (C=O) groups excluding carboxylic acids is 1. The molecule has 0 heterocycles. The van der Waals surface area contributed by atoms with Gasteiger partial charge in [0.25, 0.3) is 5.91 Å². The van der Waals surface area contributed by atoms with Crippen molar-refractivity contribution in [2.75, 3.05) is 6.54 Å². The number of para-hydroxylation sites is 1. The van der Waals surface area contributed by atoms with E-state index in [-0.39, 0.29) is 5.91 Å². The zero-order valence-electron chi connectivity index (χ0n) is 9.90. The summed E-state index contributed by atoms with van der Waals surface area (Å²) in [7, 11) is 0. The summed E-state index contributed by atoms with van der Waals surface area (Å²) in [6, 6.07) is 9.37. The van der Waals surface area contributed by atoms with Gasteiger partial charge in [0.2, 0.25) is 0 Å². The molecule has 0 unspecified atom stereocenters. The number of unbranched alkanes of at least 4 members (excludes halogenated alkanes) is 1. The molecule has 1 aromatic rings. The number of nitrogens with one attached hydrogen (secondary N) is 1. The summed E-state index contributed by atoms with van der Waals surface area (Å²) in [6.45, 7) is 4.57. The van der Waals surface area contributed by atoms with Crippen molar-refractivity contribution < 1.29 is 9.53 Å². The molecular weight excluding hydrogens is 202 g/mol. The number of rotatable bonds is 6. The lowest BCUT2D eigenvalue weighted by molar-refractivity contribution is -0.127. The van der Waals surface area contributed by atoms with E-state index in [9.17, 15) is 4.79 Å². The number of ether oxygens (including phenoxy) is 1. The Morgan fingerprint density at radius 1 is 1.38 bits per heavy atom. The number of hydrogen-bond donors (Lipinski definition) is 1. The van der Waals surface area contributed by atoms with Gasteiger partial charge in [0.05, 0.1) is 0 Å². The number of benzene rings is 1. The highest BCUT2D eigenvalue weighted by Gasteiger charge is 2.13. The van der Waals surface area contributed by atoms with E-state index in [4.69, 9.17) is 4.74 Å². The first kappa shape index (κ1) is 12.6. The van der Waals surface area contributed by atoms with Crippen LogP contribution in [0.3, 0.4) is 0 Å². The third-order valence-electron chi connectivity index (χ3n) is 2.25. The Hall–Kier alpha value is -1.51. The Labute approximate surface area is 96.8 Å². The summed E-state index contributed by atoms with van der Waals surface area (Å²) in [4.78, 5) is 11.6. The van der Waals surface area contributed by atoms with Crippen LogP contribution >= 0.6 is 0 Å². The van der Waals surface area contributed by atoms with Crippen molar-refractivity contribution in [3.8, 4) is 5.75 Å². The topological polar surface area (TPSA) is 38.3 Å². The molecule has 0 bridgehead atoms. The summed E-state index contributed by atoms with van der Waals surface area (Å²) in [5.74, 6) is 0.665. The highest BCUT2D eigenvalue weighted by atomic mass is 16.5. The van der Waals surface area contributed by atoms with Crippen molar-refractivity contribution in [1.29, 1.82) is 0 Å². The Bertz CT molecular complexity index is 311. The van der Waals surface area contributed by atoms with Gasteiger partial charge < -0.3 is 10.1 Å². The second kappa shape index (κ2) is 6.88. The van der Waals surface area contributed by atoms with Crippen molar-refractivity contribution in [3.63, 3.8) is 0 Å².